The topological polar surface area (TPSA) is 273 Å². The molecule has 22 heteroatoms. The summed E-state index contributed by atoms with van der Waals surface area (Å²) >= 11 is 6.03. The molecule has 121 heavy (non-hydrogen) atoms. The number of amides is 1. The van der Waals surface area contributed by atoms with E-state index in [-0.39, 0.29) is 47.4 Å². The number of ether oxygens (including phenoxy) is 2. The van der Waals surface area contributed by atoms with E-state index >= 15 is 0 Å². The Balaban J connectivity index is 0.000000255. The molecule has 4 aromatic carbocycles. The molecule has 2 saturated carbocycles. The van der Waals surface area contributed by atoms with Crippen molar-refractivity contribution in [1.29, 1.82) is 0 Å². The largest absolute Gasteiger partial charge is 0.508 e. The number of rotatable bonds is 38. The minimum atomic E-state index is -5.15. The maximum atomic E-state index is 12.6. The predicted molar refractivity (Wildman–Crippen MR) is 494 cm³/mol. The Bertz CT molecular complexity index is 4670. The average Bonchev–Trinajstić information content (AvgIpc) is 1.38. The number of fused-ring (bicyclic) bond motifs is 2. The predicted octanol–water partition coefficient (Wildman–Crippen LogP) is 23.8. The third kappa shape index (κ3) is 32.7. The monoisotopic (exact) mass is 1720 g/mol. The van der Waals surface area contributed by atoms with Crippen molar-refractivity contribution in [3.05, 3.63) is 253 Å². The molecule has 10 atom stereocenters. The molecule has 9 rings (SSSR count). The van der Waals surface area contributed by atoms with Gasteiger partial charge in [-0.15, -0.1) is 0 Å². The molecule has 0 spiro atoms. The summed E-state index contributed by atoms with van der Waals surface area (Å²) < 4.78 is 45.2. The molecular formula is C99H137ClN4O15P2. The van der Waals surface area contributed by atoms with Gasteiger partial charge in [0.25, 0.3) is 12.4 Å². The summed E-state index contributed by atoms with van der Waals surface area (Å²) in [7, 11) is -10.0. The number of nitrogens with zero attached hydrogens (tertiary/aromatic N) is 2. The molecule has 6 N–H and O–H groups in total. The number of aryl methyl sites for hydroxylation is 2. The van der Waals surface area contributed by atoms with E-state index in [1.54, 1.807) is 24.3 Å². The number of piperidine rings is 1. The maximum absolute atomic E-state index is 12.6. The van der Waals surface area contributed by atoms with Crippen LogP contribution < -0.4 is 11.0 Å². The number of likely N-dealkylation sites (tertiary alicyclic amines) is 1. The lowest BCUT2D eigenvalue weighted by atomic mass is 9.56. The molecule has 19 nitrogen and oxygen atoms in total. The molecule has 2 heterocycles. The van der Waals surface area contributed by atoms with Gasteiger partial charge in [0.05, 0.1) is 17.6 Å². The van der Waals surface area contributed by atoms with Crippen LogP contribution in [0.4, 0.5) is 0 Å². The van der Waals surface area contributed by atoms with Gasteiger partial charge in [0.2, 0.25) is 0 Å². The van der Waals surface area contributed by atoms with E-state index in [1.165, 1.54) is 61.8 Å². The van der Waals surface area contributed by atoms with Crippen LogP contribution in [-0.2, 0) is 41.8 Å². The number of phenols is 1. The second-order valence-electron chi connectivity index (χ2n) is 34.2. The van der Waals surface area contributed by atoms with Gasteiger partial charge >= 0.3 is 27.3 Å². The smallest absolute Gasteiger partial charge is 0.481 e. The maximum Gasteiger partial charge on any atom is 0.481 e. The highest BCUT2D eigenvalue weighted by Gasteiger charge is 2.60. The Morgan fingerprint density at radius 1 is 0.744 bits per heavy atom. The van der Waals surface area contributed by atoms with E-state index in [1.807, 2.05) is 79.1 Å². The number of hydrogen-bond donors (Lipinski definition) is 6. The third-order valence-electron chi connectivity index (χ3n) is 23.9. The molecule has 660 valence electrons. The van der Waals surface area contributed by atoms with Gasteiger partial charge < -0.3 is 44.5 Å². The van der Waals surface area contributed by atoms with Crippen LogP contribution in [0.5, 0.6) is 5.75 Å². The van der Waals surface area contributed by atoms with Gasteiger partial charge in [-0.2, -0.15) is 4.31 Å². The fraction of sp³-hybridized carbons (Fsp3) is 0.485. The molecule has 0 bridgehead atoms. The molecule has 3 fully saturated rings. The van der Waals surface area contributed by atoms with Gasteiger partial charge in [-0.05, 0) is 270 Å². The second-order valence-corrected chi connectivity index (χ2v) is 37.5. The van der Waals surface area contributed by atoms with Crippen molar-refractivity contribution < 1.29 is 66.4 Å². The molecule has 4 unspecified atom stereocenters. The summed E-state index contributed by atoms with van der Waals surface area (Å²) in [6.07, 6.45) is 35.7. The Hall–Kier alpha value is -8.32. The molecule has 1 amide bonds. The Kier molecular flexibility index (Phi) is 41.3. The molecule has 1 aliphatic heterocycles. The van der Waals surface area contributed by atoms with Crippen LogP contribution in [0.2, 0.25) is 5.02 Å². The number of aromatic nitrogens is 2. The van der Waals surface area contributed by atoms with Gasteiger partial charge in [-0.25, -0.2) is 18.7 Å². The quantitative estimate of drug-likeness (QED) is 0.00408. The first-order valence-corrected chi connectivity index (χ1v) is 46.4. The molecule has 3 aliphatic carbocycles. The molecular weight excluding hydrogens is 1580 g/mol. The number of aldehydes is 1. The number of aromatic amines is 1. The number of H-pyrrole nitrogens is 1. The molecule has 0 radical (unpaired) electrons. The zero-order valence-electron chi connectivity index (χ0n) is 74.6. The van der Waals surface area contributed by atoms with Gasteiger partial charge in [-0.3, -0.25) is 23.5 Å². The number of halogens is 1. The van der Waals surface area contributed by atoms with E-state index < -0.39 is 39.2 Å². The van der Waals surface area contributed by atoms with Gasteiger partial charge in [-0.1, -0.05) is 227 Å². The fourth-order valence-corrected chi connectivity index (χ4v) is 18.5. The number of hydrogen-bond acceptors (Lipinski definition) is 13. The zero-order chi connectivity index (χ0) is 89.4. The Morgan fingerprint density at radius 2 is 1.31 bits per heavy atom. The van der Waals surface area contributed by atoms with Crippen molar-refractivity contribution in [2.75, 3.05) is 32.8 Å². The number of phenolic OH excluding ortho intramolecular Hbond substituents is 1. The SMILES string of the molecule is C=C1C=C2[C@@H](OC(=O)/C=C/C=C/C(C)CC(C)CC)CC[C@@H](OC=O)[C@]2(C)C(C(=C)C=O)C1.CC(C)=CCC/C(C)=C/CC/C(C)=C/[C@H]1[C@H](COP(=O)(O)OP(=O)(O)O)[C@@]1(C)CC/C=C(\C)CCC=C(C)C.CC/C(=C(/CC)c1ccc(O)cc1)c1ccc(C)cc1.Cc1ccc(C(=O)NCCN2CCC(n3c(=O)[nH]c4cc(Cl)ccc43)CC2)cc1. The summed E-state index contributed by atoms with van der Waals surface area (Å²) in [5, 5.41) is 13.0. The van der Waals surface area contributed by atoms with Crippen molar-refractivity contribution in [2.45, 2.75) is 238 Å². The fourth-order valence-electron chi connectivity index (χ4n) is 16.7. The molecule has 1 saturated heterocycles. The zero-order valence-corrected chi connectivity index (χ0v) is 77.2. The normalized spacial score (nSPS) is 21.4. The van der Waals surface area contributed by atoms with Crippen molar-refractivity contribution in [1.82, 2.24) is 19.8 Å². The van der Waals surface area contributed by atoms with Gasteiger partial charge in [0.1, 0.15) is 24.2 Å². The van der Waals surface area contributed by atoms with Gasteiger partial charge in [0, 0.05) is 60.2 Å². The van der Waals surface area contributed by atoms with Crippen LogP contribution in [0.25, 0.3) is 22.2 Å². The minimum absolute atomic E-state index is 0.0381. The number of esters is 1. The van der Waals surface area contributed by atoms with Crippen LogP contribution in [-0.4, -0.2) is 104 Å². The lowest BCUT2D eigenvalue weighted by Gasteiger charge is -2.51. The highest BCUT2D eigenvalue weighted by atomic mass is 35.5. The lowest BCUT2D eigenvalue weighted by molar-refractivity contribution is -0.153. The number of imidazole rings is 1. The summed E-state index contributed by atoms with van der Waals surface area (Å²) in [5.74, 6) is 0.781. The third-order valence-corrected chi connectivity index (χ3v) is 26.3. The van der Waals surface area contributed by atoms with E-state index in [0.29, 0.717) is 66.0 Å². The van der Waals surface area contributed by atoms with Crippen LogP contribution in [0.1, 0.15) is 245 Å². The highest BCUT2D eigenvalue weighted by molar-refractivity contribution is 7.60. The lowest BCUT2D eigenvalue weighted by Crippen LogP contribution is -2.52. The number of phosphoric ester groups is 1. The van der Waals surface area contributed by atoms with Crippen LogP contribution in [0.3, 0.4) is 0 Å². The standard InChI is InChI=1S/C30H52O7P2.C28H38O5.C22H25ClN4O2.C19H22O/c1-23(2)13-9-15-25(5)17-11-18-27(7)21-28-29(22-36-39(34,35)37-38(31,32)33)30(28,8)20-12-19-26(6)16-10-14-24(3)4;1-7-19(2)14-20(3)10-8-9-11-27(31)33-25-12-13-26(32-18-30)28(6)23(22(5)17-29)15-21(4)16-24(25)28;1-15-2-4-16(5-3-15)21(28)24-10-13-26-11-8-18(9-12-26)27-20-7-6-17(23)14-19(20)25-22(27)29;1-4-18(15-8-6-14(3)7-9-15)19(5-2)16-10-12-17(20)13-11-16/h13-14,17,19,21,28-29H,9-12,15-16,18,20,22H2,1-8H3,(H,34,35)(H2,31,32,33);8-11,16-20,23,25-26H,4-5,7,12-15H2,1-3,6H3;2-7,14,18H,8-13H2,1H3,(H,24,28)(H,25,29);6-13,20H,4-5H2,1-3H3/b25-17+,26-19+,27-21+;10-8+,11-9+;;19-18+/t28-,29-,30-;19?,20?,23?,25-,26+,28+;;/m00../s1. The number of benzene rings is 4. The minimum Gasteiger partial charge on any atom is -0.508 e. The average molecular weight is 1720 g/mol. The number of allylic oxidation sites excluding steroid dienone is 18. The number of phosphoric acid groups is 2. The number of aromatic hydroxyl groups is 1. The van der Waals surface area contributed by atoms with E-state index in [4.69, 9.17) is 35.4 Å². The summed E-state index contributed by atoms with van der Waals surface area (Å²) in [6.45, 7) is 45.7. The first-order chi connectivity index (χ1) is 57.3. The van der Waals surface area contributed by atoms with E-state index in [2.05, 4.69) is 190 Å². The Morgan fingerprint density at radius 3 is 1.86 bits per heavy atom. The number of nitrogens with one attached hydrogen (secondary N) is 2. The summed E-state index contributed by atoms with van der Waals surface area (Å²) in [6, 6.07) is 29.5. The summed E-state index contributed by atoms with van der Waals surface area (Å²) in [4.78, 5) is 92.8. The van der Waals surface area contributed by atoms with Crippen molar-refractivity contribution in [3.8, 4) is 5.75 Å². The summed E-state index contributed by atoms with van der Waals surface area (Å²) in [5.41, 5.74) is 17.8. The van der Waals surface area contributed by atoms with E-state index in [0.717, 1.165) is 144 Å². The van der Waals surface area contributed by atoms with Crippen molar-refractivity contribution in [3.63, 3.8) is 0 Å². The Labute approximate surface area is 725 Å². The highest BCUT2D eigenvalue weighted by Crippen LogP contribution is 2.65. The first kappa shape index (κ1) is 101. The number of carbonyl (C=O) groups excluding carboxylic acids is 4. The molecule has 5 aromatic rings. The van der Waals surface area contributed by atoms with Crippen LogP contribution >= 0.6 is 27.2 Å². The molecule has 4 aliphatic rings. The molecule has 1 aromatic heterocycles. The van der Waals surface area contributed by atoms with E-state index in [9.17, 15) is 43.1 Å². The van der Waals surface area contributed by atoms with Crippen molar-refractivity contribution in [2.24, 2.45) is 40.4 Å². The number of carbonyl (C=O) groups is 4. The van der Waals surface area contributed by atoms with Crippen molar-refractivity contribution >= 4 is 74.1 Å². The van der Waals surface area contributed by atoms with Crippen LogP contribution in [0.15, 0.2) is 214 Å². The van der Waals surface area contributed by atoms with Crippen LogP contribution in [0, 0.1) is 54.3 Å². The first-order valence-electron chi connectivity index (χ1n) is 43.0. The van der Waals surface area contributed by atoms with Gasteiger partial charge in [0.15, 0.2) is 0 Å². The second kappa shape index (κ2) is 49.2.